The molecule has 224 valence electrons. The lowest BCUT2D eigenvalue weighted by atomic mass is 9.67. The molecule has 44 heavy (non-hydrogen) atoms. The molecule has 0 aliphatic heterocycles. The zero-order valence-electron chi connectivity index (χ0n) is 24.8. The Kier molecular flexibility index (Phi) is 9.48. The van der Waals surface area contributed by atoms with E-state index in [2.05, 4.69) is 22.4 Å². The number of amides is 1. The van der Waals surface area contributed by atoms with Gasteiger partial charge in [0.2, 0.25) is 5.91 Å². The van der Waals surface area contributed by atoms with Crippen molar-refractivity contribution in [3.63, 3.8) is 0 Å². The van der Waals surface area contributed by atoms with Crippen LogP contribution in [0.1, 0.15) is 36.8 Å². The lowest BCUT2D eigenvalue weighted by Gasteiger charge is -2.37. The fourth-order valence-electron chi connectivity index (χ4n) is 6.04. The summed E-state index contributed by atoms with van der Waals surface area (Å²) in [5.74, 6) is 1.47. The van der Waals surface area contributed by atoms with Crippen molar-refractivity contribution < 1.29 is 19.1 Å². The molecule has 1 aliphatic carbocycles. The highest BCUT2D eigenvalue weighted by Gasteiger charge is 2.38. The Morgan fingerprint density at radius 3 is 2.27 bits per heavy atom. The summed E-state index contributed by atoms with van der Waals surface area (Å²) in [6, 6.07) is 35.1. The number of Topliss-reactive ketones (excluding diaryl/α,β-unsaturated/α-hetero) is 1. The van der Waals surface area contributed by atoms with E-state index in [-0.39, 0.29) is 23.7 Å². The van der Waals surface area contributed by atoms with Crippen molar-refractivity contribution in [2.45, 2.75) is 38.7 Å². The van der Waals surface area contributed by atoms with Crippen LogP contribution in [0.25, 0.3) is 10.9 Å². The van der Waals surface area contributed by atoms with Crippen LogP contribution in [0.3, 0.4) is 0 Å². The molecule has 1 fully saturated rings. The number of aromatic nitrogens is 1. The first-order valence-electron chi connectivity index (χ1n) is 15.5. The van der Waals surface area contributed by atoms with Crippen molar-refractivity contribution in [3.8, 4) is 11.5 Å². The van der Waals surface area contributed by atoms with Crippen molar-refractivity contribution in [2.75, 3.05) is 11.9 Å². The molecule has 6 nitrogen and oxygen atoms in total. The number of fused-ring (bicyclic) bond motifs is 1. The summed E-state index contributed by atoms with van der Waals surface area (Å²) in [5, 5.41) is 4.26. The molecule has 2 N–H and O–H groups in total. The highest BCUT2D eigenvalue weighted by Crippen LogP contribution is 2.40. The van der Waals surface area contributed by atoms with Crippen LogP contribution in [-0.4, -0.2) is 23.3 Å². The van der Waals surface area contributed by atoms with Crippen LogP contribution >= 0.6 is 0 Å². The zero-order chi connectivity index (χ0) is 30.1. The molecule has 6 heteroatoms. The lowest BCUT2D eigenvalue weighted by Crippen LogP contribution is -2.38. The molecule has 4 aromatic carbocycles. The van der Waals surface area contributed by atoms with E-state index in [0.29, 0.717) is 43.3 Å². The first kappa shape index (κ1) is 29.4. The van der Waals surface area contributed by atoms with E-state index >= 15 is 0 Å². The smallest absolute Gasteiger partial charge is 0.229 e. The van der Waals surface area contributed by atoms with Crippen LogP contribution in [0.15, 0.2) is 115 Å². The van der Waals surface area contributed by atoms with Crippen LogP contribution in [-0.2, 0) is 27.4 Å². The Morgan fingerprint density at radius 2 is 1.52 bits per heavy atom. The van der Waals surface area contributed by atoms with Gasteiger partial charge < -0.3 is 19.8 Å². The Bertz CT molecular complexity index is 1660. The zero-order valence-corrected chi connectivity index (χ0v) is 24.8. The van der Waals surface area contributed by atoms with Gasteiger partial charge in [-0.1, -0.05) is 66.7 Å². The predicted molar refractivity (Wildman–Crippen MR) is 174 cm³/mol. The third kappa shape index (κ3) is 7.44. The lowest BCUT2D eigenvalue weighted by molar-refractivity contribution is -0.131. The summed E-state index contributed by atoms with van der Waals surface area (Å²) in [5.41, 5.74) is 4.04. The Balaban J connectivity index is 1.07. The Hall–Kier alpha value is -4.68. The number of hydrogen-bond acceptors (Lipinski definition) is 4. The molecule has 1 amide bonds. The van der Waals surface area contributed by atoms with Gasteiger partial charge in [-0.25, -0.2) is 0 Å². The molecule has 1 saturated carbocycles. The van der Waals surface area contributed by atoms with Gasteiger partial charge in [0.15, 0.2) is 0 Å². The largest absolute Gasteiger partial charge is 0.457 e. The summed E-state index contributed by atoms with van der Waals surface area (Å²) in [6.45, 7) is 0.733. The van der Waals surface area contributed by atoms with E-state index < -0.39 is 0 Å². The Morgan fingerprint density at radius 1 is 0.818 bits per heavy atom. The fourth-order valence-corrected chi connectivity index (χ4v) is 6.04. The number of hydrogen-bond donors (Lipinski definition) is 2. The van der Waals surface area contributed by atoms with E-state index in [1.54, 1.807) is 0 Å². The third-order valence-electron chi connectivity index (χ3n) is 8.64. The van der Waals surface area contributed by atoms with Gasteiger partial charge in [0.05, 0.1) is 19.1 Å². The standard InChI is InChI=1S/C38H38N2O4/c41-37(22-16-29-24-39-36-14-8-7-13-34(29)36)35-21-15-28(35)23-30(26-43-25-27-9-3-1-4-10-27)38(42)40-31-17-19-33(20-18-31)44-32-11-5-2-6-12-32/h1-14,17-20,24,28,30,35,39H,15-16,21-23,25-26H2,(H,40,42). The van der Waals surface area contributed by atoms with E-state index in [4.69, 9.17) is 9.47 Å². The molecule has 3 atom stereocenters. The van der Waals surface area contributed by atoms with Gasteiger partial charge in [-0.05, 0) is 85.2 Å². The second-order valence-electron chi connectivity index (χ2n) is 11.6. The number of benzene rings is 4. The number of anilines is 1. The SMILES string of the molecule is O=C(Nc1ccc(Oc2ccccc2)cc1)C(COCc1ccccc1)CC1CCC1C(=O)CCc1c[nH]c2ccccc12. The first-order valence-corrected chi connectivity index (χ1v) is 15.5. The number of para-hydroxylation sites is 2. The number of carbonyl (C=O) groups is 2. The van der Waals surface area contributed by atoms with Crippen molar-refractivity contribution in [1.29, 1.82) is 0 Å². The average molecular weight is 587 g/mol. The molecule has 1 aromatic heterocycles. The first-order chi connectivity index (χ1) is 21.6. The van der Waals surface area contributed by atoms with Crippen molar-refractivity contribution in [1.82, 2.24) is 4.98 Å². The summed E-state index contributed by atoms with van der Waals surface area (Å²) in [4.78, 5) is 30.2. The summed E-state index contributed by atoms with van der Waals surface area (Å²) in [7, 11) is 0. The predicted octanol–water partition coefficient (Wildman–Crippen LogP) is 8.35. The molecule has 0 saturated heterocycles. The monoisotopic (exact) mass is 586 g/mol. The number of ether oxygens (including phenoxy) is 2. The highest BCUT2D eigenvalue weighted by molar-refractivity contribution is 5.93. The molecule has 5 aromatic rings. The second-order valence-corrected chi connectivity index (χ2v) is 11.6. The van der Waals surface area contributed by atoms with Gasteiger partial charge in [-0.3, -0.25) is 9.59 Å². The highest BCUT2D eigenvalue weighted by atomic mass is 16.5. The molecule has 3 unspecified atom stereocenters. The molecule has 1 heterocycles. The van der Waals surface area contributed by atoms with E-state index in [0.717, 1.165) is 36.1 Å². The maximum atomic E-state index is 13.6. The minimum absolute atomic E-state index is 0.000881. The summed E-state index contributed by atoms with van der Waals surface area (Å²) in [6.07, 6.45) is 5.72. The van der Waals surface area contributed by atoms with E-state index in [9.17, 15) is 9.59 Å². The number of aryl methyl sites for hydroxylation is 1. The van der Waals surface area contributed by atoms with Crippen molar-refractivity contribution in [3.05, 3.63) is 127 Å². The number of aromatic amines is 1. The van der Waals surface area contributed by atoms with Crippen LogP contribution in [0.4, 0.5) is 5.69 Å². The average Bonchev–Trinajstić information content (AvgIpc) is 3.46. The number of rotatable bonds is 14. The van der Waals surface area contributed by atoms with Gasteiger partial charge in [0.1, 0.15) is 17.3 Å². The van der Waals surface area contributed by atoms with Crippen LogP contribution < -0.4 is 10.1 Å². The maximum absolute atomic E-state index is 13.6. The second kappa shape index (κ2) is 14.2. The third-order valence-corrected chi connectivity index (χ3v) is 8.64. The van der Waals surface area contributed by atoms with Crippen molar-refractivity contribution >= 4 is 28.3 Å². The summed E-state index contributed by atoms with van der Waals surface area (Å²) < 4.78 is 11.9. The van der Waals surface area contributed by atoms with Gasteiger partial charge in [0, 0.05) is 35.1 Å². The molecular formula is C38H38N2O4. The minimum Gasteiger partial charge on any atom is -0.457 e. The normalized spacial score (nSPS) is 16.6. The molecular weight excluding hydrogens is 548 g/mol. The summed E-state index contributed by atoms with van der Waals surface area (Å²) >= 11 is 0. The number of carbonyl (C=O) groups excluding carboxylic acids is 2. The van der Waals surface area contributed by atoms with Gasteiger partial charge in [-0.2, -0.15) is 0 Å². The molecule has 0 bridgehead atoms. The number of ketones is 1. The topological polar surface area (TPSA) is 80.4 Å². The van der Waals surface area contributed by atoms with E-state index in [1.165, 1.54) is 10.9 Å². The van der Waals surface area contributed by atoms with Gasteiger partial charge >= 0.3 is 0 Å². The Labute approximate surface area is 258 Å². The van der Waals surface area contributed by atoms with Crippen molar-refractivity contribution in [2.24, 2.45) is 17.8 Å². The van der Waals surface area contributed by atoms with Crippen LogP contribution in [0.2, 0.25) is 0 Å². The van der Waals surface area contributed by atoms with E-state index in [1.807, 2.05) is 103 Å². The molecule has 6 rings (SSSR count). The minimum atomic E-state index is -0.367. The van der Waals surface area contributed by atoms with Gasteiger partial charge in [0.25, 0.3) is 0 Å². The fraction of sp³-hybridized carbons (Fsp3) is 0.263. The van der Waals surface area contributed by atoms with Crippen LogP contribution in [0.5, 0.6) is 11.5 Å². The maximum Gasteiger partial charge on any atom is 0.229 e. The molecule has 1 aliphatic rings. The number of nitrogens with one attached hydrogen (secondary N) is 2. The van der Waals surface area contributed by atoms with Gasteiger partial charge in [-0.15, -0.1) is 0 Å². The quantitative estimate of drug-likeness (QED) is 0.137. The van der Waals surface area contributed by atoms with Crippen LogP contribution in [0, 0.1) is 17.8 Å². The number of H-pyrrole nitrogens is 1. The molecule has 0 spiro atoms. The molecule has 0 radical (unpaired) electrons.